The van der Waals surface area contributed by atoms with Gasteiger partial charge in [-0.15, -0.1) is 0 Å². The Balaban J connectivity index is 1.88. The van der Waals surface area contributed by atoms with E-state index in [0.717, 1.165) is 17.0 Å². The molecule has 1 amide bonds. The fraction of sp³-hybridized carbons (Fsp3) is 0.429. The van der Waals surface area contributed by atoms with Crippen LogP contribution in [0.1, 0.15) is 0 Å². The molecule has 1 unspecified atom stereocenters. The zero-order valence-electron chi connectivity index (χ0n) is 12.0. The monoisotopic (exact) mass is 328 g/mol. The third-order valence-corrected chi connectivity index (χ3v) is 3.73. The highest BCUT2D eigenvalue weighted by Crippen LogP contribution is 2.31. The standard InChI is InChI=1S/C14H14F2N2O5/c15-9-5-8(18-7-11(13(19)20)23-14(18)21)6-10(16)12(9)17-1-3-22-4-2-17/h5-6,11H,1-4,7H2,(H,19,20). The molecule has 23 heavy (non-hydrogen) atoms. The van der Waals surface area contributed by atoms with Crippen LogP contribution in [-0.4, -0.2) is 56.1 Å². The van der Waals surface area contributed by atoms with E-state index in [0.29, 0.717) is 26.3 Å². The average molecular weight is 328 g/mol. The Kier molecular flexibility index (Phi) is 4.03. The van der Waals surface area contributed by atoms with Crippen LogP contribution in [0.2, 0.25) is 0 Å². The summed E-state index contributed by atoms with van der Waals surface area (Å²) in [5.41, 5.74) is -0.259. The van der Waals surface area contributed by atoms with E-state index in [4.69, 9.17) is 9.84 Å². The number of anilines is 2. The number of aliphatic carboxylic acids is 1. The minimum absolute atomic E-state index is 0.0780. The Labute approximate surface area is 130 Å². The van der Waals surface area contributed by atoms with Gasteiger partial charge in [0, 0.05) is 25.2 Å². The number of cyclic esters (lactones) is 1. The van der Waals surface area contributed by atoms with Crippen LogP contribution < -0.4 is 9.80 Å². The van der Waals surface area contributed by atoms with Crippen LogP contribution in [0.25, 0.3) is 0 Å². The topological polar surface area (TPSA) is 79.3 Å². The molecule has 124 valence electrons. The summed E-state index contributed by atoms with van der Waals surface area (Å²) in [6, 6.07) is 2.00. The lowest BCUT2D eigenvalue weighted by atomic mass is 10.2. The molecule has 0 aliphatic carbocycles. The van der Waals surface area contributed by atoms with Gasteiger partial charge in [0.15, 0.2) is 11.6 Å². The van der Waals surface area contributed by atoms with Crippen molar-refractivity contribution in [3.8, 4) is 0 Å². The maximum absolute atomic E-state index is 14.3. The Morgan fingerprint density at radius 3 is 2.35 bits per heavy atom. The normalized spacial score (nSPS) is 21.5. The van der Waals surface area contributed by atoms with Crippen molar-refractivity contribution in [3.63, 3.8) is 0 Å². The SMILES string of the molecule is O=C(O)C1CN(c2cc(F)c(N3CCOCC3)c(F)c2)C(=O)O1. The summed E-state index contributed by atoms with van der Waals surface area (Å²) < 4.78 is 38.4. The molecule has 0 spiro atoms. The summed E-state index contributed by atoms with van der Waals surface area (Å²) in [4.78, 5) is 24.9. The van der Waals surface area contributed by atoms with Crippen LogP contribution in [-0.2, 0) is 14.3 Å². The first kappa shape index (κ1) is 15.5. The second-order valence-corrected chi connectivity index (χ2v) is 5.18. The number of carboxylic acids is 1. The summed E-state index contributed by atoms with van der Waals surface area (Å²) in [6.07, 6.45) is -2.30. The van der Waals surface area contributed by atoms with E-state index in [1.165, 1.54) is 4.90 Å². The predicted molar refractivity (Wildman–Crippen MR) is 74.6 cm³/mol. The van der Waals surface area contributed by atoms with Gasteiger partial charge in [-0.05, 0) is 0 Å². The van der Waals surface area contributed by atoms with Gasteiger partial charge in [0.05, 0.1) is 25.4 Å². The molecule has 3 rings (SSSR count). The Bertz CT molecular complexity index is 625. The van der Waals surface area contributed by atoms with Crippen molar-refractivity contribution in [1.82, 2.24) is 0 Å². The molecule has 7 nitrogen and oxygen atoms in total. The van der Waals surface area contributed by atoms with Gasteiger partial charge in [0.25, 0.3) is 0 Å². The second kappa shape index (κ2) is 5.99. The summed E-state index contributed by atoms with van der Waals surface area (Å²) in [5.74, 6) is -2.96. The van der Waals surface area contributed by atoms with Crippen LogP contribution in [0.15, 0.2) is 12.1 Å². The van der Waals surface area contributed by atoms with Gasteiger partial charge in [-0.25, -0.2) is 18.4 Å². The summed E-state index contributed by atoms with van der Waals surface area (Å²) in [6.45, 7) is 1.17. The lowest BCUT2D eigenvalue weighted by Crippen LogP contribution is -2.37. The van der Waals surface area contributed by atoms with E-state index < -0.39 is 29.8 Å². The molecule has 0 saturated carbocycles. The Hall–Kier alpha value is -2.42. The van der Waals surface area contributed by atoms with Crippen molar-refractivity contribution in [2.75, 3.05) is 42.6 Å². The molecule has 2 aliphatic rings. The van der Waals surface area contributed by atoms with Gasteiger partial charge >= 0.3 is 12.1 Å². The zero-order chi connectivity index (χ0) is 16.6. The van der Waals surface area contributed by atoms with Gasteiger partial charge in [-0.3, -0.25) is 4.90 Å². The second-order valence-electron chi connectivity index (χ2n) is 5.18. The first-order chi connectivity index (χ1) is 11.0. The van der Waals surface area contributed by atoms with E-state index in [1.807, 2.05) is 0 Å². The Morgan fingerprint density at radius 2 is 1.83 bits per heavy atom. The minimum atomic E-state index is -1.35. The van der Waals surface area contributed by atoms with Crippen molar-refractivity contribution in [2.45, 2.75) is 6.10 Å². The molecule has 9 heteroatoms. The van der Waals surface area contributed by atoms with Crippen LogP contribution in [0.4, 0.5) is 25.0 Å². The number of hydrogen-bond acceptors (Lipinski definition) is 5. The smallest absolute Gasteiger partial charge is 0.415 e. The molecule has 2 fully saturated rings. The van der Waals surface area contributed by atoms with E-state index in [2.05, 4.69) is 4.74 Å². The number of hydrogen-bond donors (Lipinski definition) is 1. The minimum Gasteiger partial charge on any atom is -0.478 e. The highest BCUT2D eigenvalue weighted by atomic mass is 19.1. The lowest BCUT2D eigenvalue weighted by molar-refractivity contribution is -0.144. The molecular formula is C14H14F2N2O5. The van der Waals surface area contributed by atoms with Gasteiger partial charge in [0.2, 0.25) is 6.10 Å². The van der Waals surface area contributed by atoms with Crippen LogP contribution in [0.5, 0.6) is 0 Å². The van der Waals surface area contributed by atoms with Crippen LogP contribution in [0, 0.1) is 11.6 Å². The predicted octanol–water partition coefficient (Wildman–Crippen LogP) is 1.21. The van der Waals surface area contributed by atoms with E-state index >= 15 is 0 Å². The summed E-state index contributed by atoms with van der Waals surface area (Å²) in [7, 11) is 0. The van der Waals surface area contributed by atoms with Crippen LogP contribution in [0.3, 0.4) is 0 Å². The molecule has 2 heterocycles. The first-order valence-corrected chi connectivity index (χ1v) is 7.00. The van der Waals surface area contributed by atoms with E-state index in [1.54, 1.807) is 0 Å². The largest absolute Gasteiger partial charge is 0.478 e. The number of amides is 1. The molecule has 0 radical (unpaired) electrons. The van der Waals surface area contributed by atoms with Gasteiger partial charge < -0.3 is 19.5 Å². The molecule has 0 bridgehead atoms. The van der Waals surface area contributed by atoms with Gasteiger partial charge in [-0.2, -0.15) is 0 Å². The fourth-order valence-corrected chi connectivity index (χ4v) is 2.60. The maximum atomic E-state index is 14.3. The van der Waals surface area contributed by atoms with Crippen molar-refractivity contribution in [1.29, 1.82) is 0 Å². The fourth-order valence-electron chi connectivity index (χ4n) is 2.60. The number of rotatable bonds is 3. The third-order valence-electron chi connectivity index (χ3n) is 3.73. The van der Waals surface area contributed by atoms with Crippen molar-refractivity contribution >= 4 is 23.4 Å². The first-order valence-electron chi connectivity index (χ1n) is 7.00. The molecule has 1 aromatic carbocycles. The van der Waals surface area contributed by atoms with Crippen molar-refractivity contribution in [3.05, 3.63) is 23.8 Å². The average Bonchev–Trinajstić information content (AvgIpc) is 2.90. The van der Waals surface area contributed by atoms with Crippen molar-refractivity contribution in [2.24, 2.45) is 0 Å². The molecule has 2 aliphatic heterocycles. The van der Waals surface area contributed by atoms with Gasteiger partial charge in [0.1, 0.15) is 5.69 Å². The molecule has 2 saturated heterocycles. The quantitative estimate of drug-likeness (QED) is 0.898. The number of nitrogens with zero attached hydrogens (tertiary/aromatic N) is 2. The van der Waals surface area contributed by atoms with Gasteiger partial charge in [-0.1, -0.05) is 0 Å². The van der Waals surface area contributed by atoms with Crippen molar-refractivity contribution < 1.29 is 33.0 Å². The maximum Gasteiger partial charge on any atom is 0.415 e. The lowest BCUT2D eigenvalue weighted by Gasteiger charge is -2.29. The van der Waals surface area contributed by atoms with E-state index in [-0.39, 0.29) is 17.9 Å². The summed E-state index contributed by atoms with van der Waals surface area (Å²) in [5, 5.41) is 8.85. The number of morpholine rings is 1. The number of benzene rings is 1. The zero-order valence-corrected chi connectivity index (χ0v) is 12.0. The highest BCUT2D eigenvalue weighted by molar-refractivity contribution is 5.94. The highest BCUT2D eigenvalue weighted by Gasteiger charge is 2.37. The molecule has 1 aromatic rings. The Morgan fingerprint density at radius 1 is 1.22 bits per heavy atom. The number of ether oxygens (including phenoxy) is 2. The molecule has 0 aromatic heterocycles. The molecular weight excluding hydrogens is 314 g/mol. The summed E-state index contributed by atoms with van der Waals surface area (Å²) >= 11 is 0. The third kappa shape index (κ3) is 2.91. The molecule has 1 N–H and O–H groups in total. The number of halogens is 2. The van der Waals surface area contributed by atoms with E-state index in [9.17, 15) is 18.4 Å². The van der Waals surface area contributed by atoms with Crippen LogP contribution >= 0.6 is 0 Å². The number of carbonyl (C=O) groups excluding carboxylic acids is 1. The molecule has 1 atom stereocenters. The number of carboxylic acid groups (broad SMARTS) is 1. The number of carbonyl (C=O) groups is 2.